The minimum atomic E-state index is -3.95. The fourth-order valence-electron chi connectivity index (χ4n) is 2.69. The Bertz CT molecular complexity index is 962. The summed E-state index contributed by atoms with van der Waals surface area (Å²) in [6.07, 6.45) is 1.38. The highest BCUT2D eigenvalue weighted by Crippen LogP contribution is 2.31. The maximum absolute atomic E-state index is 12.6. The van der Waals surface area contributed by atoms with Crippen LogP contribution >= 0.6 is 0 Å². The van der Waals surface area contributed by atoms with Crippen LogP contribution < -0.4 is 5.73 Å². The van der Waals surface area contributed by atoms with Crippen LogP contribution in [0.4, 0.5) is 0 Å². The minimum Gasteiger partial charge on any atom is -0.479 e. The van der Waals surface area contributed by atoms with E-state index < -0.39 is 45.8 Å². The molecule has 33 heavy (non-hydrogen) atoms. The van der Waals surface area contributed by atoms with Gasteiger partial charge in [0.2, 0.25) is 11.6 Å². The number of carboxylic acid groups (broad SMARTS) is 2. The fraction of sp³-hybridized carbons (Fsp3) is 0.261. The van der Waals surface area contributed by atoms with Crippen molar-refractivity contribution in [2.45, 2.75) is 37.0 Å². The molecule has 3 atom stereocenters. The van der Waals surface area contributed by atoms with E-state index >= 15 is 0 Å². The van der Waals surface area contributed by atoms with E-state index in [0.717, 1.165) is 30.7 Å². The van der Waals surface area contributed by atoms with Gasteiger partial charge in [-0.25, -0.2) is 9.59 Å². The molecular formula is C23H24N2O8. The smallest absolute Gasteiger partial charge is 0.348 e. The Kier molecular flexibility index (Phi) is 9.56. The number of ketones is 2. The summed E-state index contributed by atoms with van der Waals surface area (Å²) in [4.78, 5) is 48.5. The largest absolute Gasteiger partial charge is 0.479 e. The molecule has 0 saturated heterocycles. The van der Waals surface area contributed by atoms with Crippen LogP contribution in [0.5, 0.6) is 0 Å². The van der Waals surface area contributed by atoms with Crippen LogP contribution in [-0.4, -0.2) is 61.2 Å². The molecule has 0 saturated carbocycles. The summed E-state index contributed by atoms with van der Waals surface area (Å²) < 4.78 is 0. The molecule has 0 unspecified atom stereocenters. The van der Waals surface area contributed by atoms with Gasteiger partial charge in [0.15, 0.2) is 0 Å². The third kappa shape index (κ3) is 5.67. The topological polar surface area (TPSA) is 199 Å². The quantitative estimate of drug-likeness (QED) is 0.268. The first kappa shape index (κ1) is 27.1. The van der Waals surface area contributed by atoms with Crippen LogP contribution in [0.3, 0.4) is 0 Å². The Morgan fingerprint density at radius 1 is 0.848 bits per heavy atom. The van der Waals surface area contributed by atoms with Crippen molar-refractivity contribution in [1.82, 2.24) is 0 Å². The van der Waals surface area contributed by atoms with E-state index in [9.17, 15) is 39.6 Å². The van der Waals surface area contributed by atoms with E-state index in [0.29, 0.717) is 6.42 Å². The number of nitriles is 1. The minimum absolute atomic E-state index is 0.0880. The molecule has 0 aliphatic carbocycles. The predicted octanol–water partition coefficient (Wildman–Crippen LogP) is 1.02. The van der Waals surface area contributed by atoms with Crippen molar-refractivity contribution in [2.75, 3.05) is 0 Å². The van der Waals surface area contributed by atoms with Gasteiger partial charge < -0.3 is 26.2 Å². The molecule has 2 rings (SSSR count). The van der Waals surface area contributed by atoms with Crippen molar-refractivity contribution in [3.8, 4) is 6.07 Å². The predicted molar refractivity (Wildman–Crippen MR) is 115 cm³/mol. The van der Waals surface area contributed by atoms with Gasteiger partial charge in [0, 0.05) is 17.2 Å². The Balaban J connectivity index is 0.000000675. The first-order valence-corrected chi connectivity index (χ1v) is 9.72. The SMILES string of the molecule is CC[C@@H](N)CC#N.O=C(O)[C@@](O)(C(=O)c1ccccc1)[C@@](O)(C(=O)O)C(=O)c1ccccc1. The molecule has 0 amide bonds. The first-order valence-electron chi connectivity index (χ1n) is 9.72. The van der Waals surface area contributed by atoms with Gasteiger partial charge in [-0.1, -0.05) is 67.6 Å². The van der Waals surface area contributed by atoms with Crippen LogP contribution in [0.25, 0.3) is 0 Å². The normalized spacial score (nSPS) is 14.8. The van der Waals surface area contributed by atoms with Crippen LogP contribution in [0, 0.1) is 11.3 Å². The van der Waals surface area contributed by atoms with E-state index in [1.807, 2.05) is 13.0 Å². The number of nitrogens with zero attached hydrogens (tertiary/aromatic N) is 1. The second-order valence-corrected chi connectivity index (χ2v) is 6.95. The zero-order valence-corrected chi connectivity index (χ0v) is 17.7. The third-order valence-electron chi connectivity index (χ3n) is 4.75. The summed E-state index contributed by atoms with van der Waals surface area (Å²) in [5.41, 5.74) is -3.32. The molecule has 10 nitrogen and oxygen atoms in total. The van der Waals surface area contributed by atoms with Gasteiger partial charge in [0.1, 0.15) is 0 Å². The number of nitrogens with two attached hydrogens (primary N) is 1. The summed E-state index contributed by atoms with van der Waals surface area (Å²) in [6.45, 7) is 1.97. The van der Waals surface area contributed by atoms with Gasteiger partial charge in [0.25, 0.3) is 11.2 Å². The van der Waals surface area contributed by atoms with Gasteiger partial charge in [-0.3, -0.25) is 9.59 Å². The molecule has 174 valence electrons. The number of aliphatic hydroxyl groups is 2. The van der Waals surface area contributed by atoms with Crippen molar-refractivity contribution in [1.29, 1.82) is 5.26 Å². The van der Waals surface area contributed by atoms with E-state index in [-0.39, 0.29) is 6.04 Å². The van der Waals surface area contributed by atoms with E-state index in [4.69, 9.17) is 11.0 Å². The molecule has 0 fully saturated rings. The van der Waals surface area contributed by atoms with E-state index in [1.165, 1.54) is 36.4 Å². The average molecular weight is 456 g/mol. The standard InChI is InChI=1S/C18H14O8.C5H10N2/c19-13(11-7-3-1-4-8-11)17(25,15(21)22)18(26,16(23)24)14(20)12-9-5-2-6-10-12;1-2-5(7)3-4-6/h1-10,25-26H,(H,21,22)(H,23,24);5H,2-3,7H2,1H3/t17-,18-;5-/m01/s1. The number of rotatable bonds is 9. The number of Topliss-reactive ketones (excluding diaryl/α,β-unsaturated/α-hetero) is 2. The van der Waals surface area contributed by atoms with Crippen molar-refractivity contribution < 1.29 is 39.6 Å². The van der Waals surface area contributed by atoms with Crippen molar-refractivity contribution in [3.63, 3.8) is 0 Å². The number of hydrogen-bond donors (Lipinski definition) is 5. The number of carbonyl (C=O) groups is 4. The number of hydrogen-bond acceptors (Lipinski definition) is 8. The lowest BCUT2D eigenvalue weighted by molar-refractivity contribution is -0.187. The molecule has 6 N–H and O–H groups in total. The second kappa shape index (κ2) is 11.6. The third-order valence-corrected chi connectivity index (χ3v) is 4.75. The molecule has 0 radical (unpaired) electrons. The van der Waals surface area contributed by atoms with Gasteiger partial charge in [-0.2, -0.15) is 5.26 Å². The zero-order chi connectivity index (χ0) is 25.2. The summed E-state index contributed by atoms with van der Waals surface area (Å²) >= 11 is 0. The molecule has 0 spiro atoms. The van der Waals surface area contributed by atoms with Gasteiger partial charge in [0.05, 0.1) is 12.5 Å². The lowest BCUT2D eigenvalue weighted by Crippen LogP contribution is -2.71. The molecule has 2 aromatic rings. The second-order valence-electron chi connectivity index (χ2n) is 6.95. The number of carboxylic acids is 2. The average Bonchev–Trinajstić information content (AvgIpc) is 2.83. The van der Waals surface area contributed by atoms with Crippen LogP contribution in [0.15, 0.2) is 60.7 Å². The van der Waals surface area contributed by atoms with Crippen molar-refractivity contribution >= 4 is 23.5 Å². The highest BCUT2D eigenvalue weighted by molar-refractivity contribution is 6.28. The first-order chi connectivity index (χ1) is 15.5. The van der Waals surface area contributed by atoms with Gasteiger partial charge in [-0.05, 0) is 6.42 Å². The fourth-order valence-corrected chi connectivity index (χ4v) is 2.69. The van der Waals surface area contributed by atoms with E-state index in [1.54, 1.807) is 0 Å². The van der Waals surface area contributed by atoms with Crippen LogP contribution in [0.2, 0.25) is 0 Å². The Labute approximate surface area is 189 Å². The highest BCUT2D eigenvalue weighted by Gasteiger charge is 2.69. The summed E-state index contributed by atoms with van der Waals surface area (Å²) in [5, 5.41) is 47.9. The molecule has 0 heterocycles. The van der Waals surface area contributed by atoms with Gasteiger partial charge >= 0.3 is 11.9 Å². The maximum Gasteiger partial charge on any atom is 0.348 e. The van der Waals surface area contributed by atoms with Crippen LogP contribution in [0.1, 0.15) is 40.5 Å². The lowest BCUT2D eigenvalue weighted by Gasteiger charge is -2.34. The molecule has 0 aromatic heterocycles. The summed E-state index contributed by atoms with van der Waals surface area (Å²) in [7, 11) is 0. The van der Waals surface area contributed by atoms with Crippen LogP contribution in [-0.2, 0) is 9.59 Å². The monoisotopic (exact) mass is 456 g/mol. The van der Waals surface area contributed by atoms with Gasteiger partial charge in [-0.15, -0.1) is 0 Å². The van der Waals surface area contributed by atoms with Crippen molar-refractivity contribution in [3.05, 3.63) is 71.8 Å². The van der Waals surface area contributed by atoms with Crippen molar-refractivity contribution in [2.24, 2.45) is 5.73 Å². The molecule has 10 heteroatoms. The Morgan fingerprint density at radius 2 is 1.18 bits per heavy atom. The zero-order valence-electron chi connectivity index (χ0n) is 17.7. The number of benzene rings is 2. The molecule has 2 aromatic carbocycles. The molecular weight excluding hydrogens is 432 g/mol. The Hall–Kier alpha value is -3.91. The Morgan fingerprint density at radius 3 is 1.39 bits per heavy atom. The lowest BCUT2D eigenvalue weighted by atomic mass is 9.73. The summed E-state index contributed by atoms with van der Waals surface area (Å²) in [5.74, 6) is -8.03. The summed E-state index contributed by atoms with van der Waals surface area (Å²) in [6, 6.07) is 14.9. The molecule has 0 bridgehead atoms. The number of aliphatic carboxylic acids is 2. The van der Waals surface area contributed by atoms with E-state index in [2.05, 4.69) is 0 Å². The number of carbonyl (C=O) groups excluding carboxylic acids is 2. The maximum atomic E-state index is 12.6. The molecule has 0 aliphatic heterocycles. The molecule has 0 aliphatic rings. The highest BCUT2D eigenvalue weighted by atomic mass is 16.5.